The first kappa shape index (κ1) is 15.7. The summed E-state index contributed by atoms with van der Waals surface area (Å²) >= 11 is 0. The normalized spacial score (nSPS) is 23.9. The molecule has 0 aromatic heterocycles. The van der Waals surface area contributed by atoms with E-state index in [9.17, 15) is 4.79 Å². The van der Waals surface area contributed by atoms with E-state index in [1.54, 1.807) is 0 Å². The first-order chi connectivity index (χ1) is 9.57. The number of hydrogen-bond acceptors (Lipinski definition) is 4. The number of piperazine rings is 1. The SMILES string of the molecule is CN1CCN(CCCNC(=O)CC2(N)CCCC2)CC1. The predicted molar refractivity (Wildman–Crippen MR) is 81.6 cm³/mol. The fourth-order valence-electron chi connectivity index (χ4n) is 3.24. The quantitative estimate of drug-likeness (QED) is 0.692. The van der Waals surface area contributed by atoms with Gasteiger partial charge in [-0.05, 0) is 32.9 Å². The van der Waals surface area contributed by atoms with Crippen molar-refractivity contribution in [2.45, 2.75) is 44.1 Å². The smallest absolute Gasteiger partial charge is 0.221 e. The molecule has 0 spiro atoms. The third-order valence-corrected chi connectivity index (χ3v) is 4.68. The van der Waals surface area contributed by atoms with Gasteiger partial charge in [-0.2, -0.15) is 0 Å². The Balaban J connectivity index is 1.53. The molecule has 2 aliphatic rings. The summed E-state index contributed by atoms with van der Waals surface area (Å²) in [6.07, 6.45) is 5.89. The Kier molecular flexibility index (Phi) is 5.81. The zero-order valence-corrected chi connectivity index (χ0v) is 12.9. The number of carbonyl (C=O) groups excluding carboxylic acids is 1. The molecule has 0 aromatic rings. The first-order valence-corrected chi connectivity index (χ1v) is 8.04. The van der Waals surface area contributed by atoms with Crippen molar-refractivity contribution in [3.8, 4) is 0 Å². The third-order valence-electron chi connectivity index (χ3n) is 4.68. The van der Waals surface area contributed by atoms with E-state index >= 15 is 0 Å². The topological polar surface area (TPSA) is 61.6 Å². The van der Waals surface area contributed by atoms with Crippen LogP contribution in [0.3, 0.4) is 0 Å². The van der Waals surface area contributed by atoms with Crippen molar-refractivity contribution in [1.82, 2.24) is 15.1 Å². The van der Waals surface area contributed by atoms with Crippen LogP contribution < -0.4 is 11.1 Å². The molecule has 0 unspecified atom stereocenters. The minimum atomic E-state index is -0.221. The maximum Gasteiger partial charge on any atom is 0.221 e. The molecule has 1 saturated heterocycles. The van der Waals surface area contributed by atoms with Crippen LogP contribution in [0.4, 0.5) is 0 Å². The second kappa shape index (κ2) is 7.38. The molecular weight excluding hydrogens is 252 g/mol. The molecule has 1 amide bonds. The number of carbonyl (C=O) groups is 1. The van der Waals surface area contributed by atoms with Gasteiger partial charge in [0.25, 0.3) is 0 Å². The van der Waals surface area contributed by atoms with E-state index in [-0.39, 0.29) is 11.4 Å². The Labute approximate surface area is 122 Å². The number of nitrogens with one attached hydrogen (secondary N) is 1. The van der Waals surface area contributed by atoms with Gasteiger partial charge in [0.05, 0.1) is 0 Å². The van der Waals surface area contributed by atoms with Gasteiger partial charge in [0.2, 0.25) is 5.91 Å². The number of rotatable bonds is 6. The number of hydrogen-bond donors (Lipinski definition) is 2. The molecule has 2 fully saturated rings. The van der Waals surface area contributed by atoms with Crippen LogP contribution in [0.25, 0.3) is 0 Å². The minimum Gasteiger partial charge on any atom is -0.356 e. The summed E-state index contributed by atoms with van der Waals surface area (Å²) in [5.41, 5.74) is 6.00. The number of likely N-dealkylation sites (N-methyl/N-ethyl adjacent to an activating group) is 1. The zero-order chi connectivity index (χ0) is 14.4. The van der Waals surface area contributed by atoms with Crippen molar-refractivity contribution >= 4 is 5.91 Å². The first-order valence-electron chi connectivity index (χ1n) is 8.04. The maximum atomic E-state index is 11.9. The Morgan fingerprint density at radius 1 is 1.20 bits per heavy atom. The second-order valence-corrected chi connectivity index (χ2v) is 6.59. The number of nitrogens with zero attached hydrogens (tertiary/aromatic N) is 2. The van der Waals surface area contributed by atoms with Crippen LogP contribution >= 0.6 is 0 Å². The number of amides is 1. The van der Waals surface area contributed by atoms with Crippen molar-refractivity contribution in [3.05, 3.63) is 0 Å². The van der Waals surface area contributed by atoms with Gasteiger partial charge in [0.1, 0.15) is 0 Å². The van der Waals surface area contributed by atoms with E-state index in [0.29, 0.717) is 6.42 Å². The van der Waals surface area contributed by atoms with Crippen molar-refractivity contribution < 1.29 is 4.79 Å². The average Bonchev–Trinajstić information content (AvgIpc) is 2.83. The van der Waals surface area contributed by atoms with E-state index in [2.05, 4.69) is 22.2 Å². The van der Waals surface area contributed by atoms with Gasteiger partial charge in [-0.25, -0.2) is 0 Å². The third kappa shape index (κ3) is 5.04. The maximum absolute atomic E-state index is 11.9. The summed E-state index contributed by atoms with van der Waals surface area (Å²) in [7, 11) is 2.17. The number of nitrogens with two attached hydrogens (primary N) is 1. The molecule has 0 aromatic carbocycles. The lowest BCUT2D eigenvalue weighted by atomic mass is 9.94. The van der Waals surface area contributed by atoms with Gasteiger partial charge in [-0.15, -0.1) is 0 Å². The summed E-state index contributed by atoms with van der Waals surface area (Å²) in [5.74, 6) is 0.132. The zero-order valence-electron chi connectivity index (χ0n) is 12.9. The molecule has 20 heavy (non-hydrogen) atoms. The summed E-state index contributed by atoms with van der Waals surface area (Å²) < 4.78 is 0. The monoisotopic (exact) mass is 282 g/mol. The lowest BCUT2D eigenvalue weighted by Crippen LogP contribution is -2.45. The molecule has 1 saturated carbocycles. The van der Waals surface area contributed by atoms with Gasteiger partial charge in [0, 0.05) is 44.7 Å². The van der Waals surface area contributed by atoms with E-state index in [0.717, 1.165) is 58.5 Å². The molecule has 1 aliphatic carbocycles. The minimum absolute atomic E-state index is 0.132. The van der Waals surface area contributed by atoms with Crippen LogP contribution in [-0.2, 0) is 4.79 Å². The van der Waals surface area contributed by atoms with Gasteiger partial charge in [-0.3, -0.25) is 4.79 Å². The highest BCUT2D eigenvalue weighted by atomic mass is 16.1. The standard InChI is InChI=1S/C15H30N4O/c1-18-9-11-19(12-10-18)8-4-7-17-14(20)13-15(16)5-2-3-6-15/h2-13,16H2,1H3,(H,17,20). The van der Waals surface area contributed by atoms with Gasteiger partial charge < -0.3 is 20.9 Å². The van der Waals surface area contributed by atoms with Crippen LogP contribution in [0.1, 0.15) is 38.5 Å². The largest absolute Gasteiger partial charge is 0.356 e. The van der Waals surface area contributed by atoms with Crippen molar-refractivity contribution in [1.29, 1.82) is 0 Å². The lowest BCUT2D eigenvalue weighted by Gasteiger charge is -2.32. The van der Waals surface area contributed by atoms with E-state index in [4.69, 9.17) is 5.73 Å². The lowest BCUT2D eigenvalue weighted by molar-refractivity contribution is -0.122. The van der Waals surface area contributed by atoms with Crippen molar-refractivity contribution in [2.24, 2.45) is 5.73 Å². The molecule has 3 N–H and O–H groups in total. The molecule has 116 valence electrons. The average molecular weight is 282 g/mol. The Morgan fingerprint density at radius 3 is 2.50 bits per heavy atom. The van der Waals surface area contributed by atoms with Crippen molar-refractivity contribution in [3.63, 3.8) is 0 Å². The highest BCUT2D eigenvalue weighted by Gasteiger charge is 2.31. The van der Waals surface area contributed by atoms with E-state index in [1.807, 2.05) is 0 Å². The van der Waals surface area contributed by atoms with Crippen LogP contribution in [-0.4, -0.2) is 67.6 Å². The molecule has 5 nitrogen and oxygen atoms in total. The highest BCUT2D eigenvalue weighted by molar-refractivity contribution is 5.77. The molecular formula is C15H30N4O. The summed E-state index contributed by atoms with van der Waals surface area (Å²) in [6.45, 7) is 6.47. The summed E-state index contributed by atoms with van der Waals surface area (Å²) in [6, 6.07) is 0. The van der Waals surface area contributed by atoms with Crippen LogP contribution in [0.2, 0.25) is 0 Å². The molecule has 0 bridgehead atoms. The Bertz CT molecular complexity index is 307. The van der Waals surface area contributed by atoms with E-state index < -0.39 is 0 Å². The molecule has 0 atom stereocenters. The molecule has 1 heterocycles. The van der Waals surface area contributed by atoms with Crippen LogP contribution in [0, 0.1) is 0 Å². The predicted octanol–water partition coefficient (Wildman–Crippen LogP) is 0.402. The second-order valence-electron chi connectivity index (χ2n) is 6.59. The Morgan fingerprint density at radius 2 is 1.85 bits per heavy atom. The summed E-state index contributed by atoms with van der Waals surface area (Å²) in [5, 5.41) is 3.03. The highest BCUT2D eigenvalue weighted by Crippen LogP contribution is 2.29. The van der Waals surface area contributed by atoms with Gasteiger partial charge in [-0.1, -0.05) is 12.8 Å². The van der Waals surface area contributed by atoms with E-state index in [1.165, 1.54) is 12.8 Å². The molecule has 5 heteroatoms. The fourth-order valence-corrected chi connectivity index (χ4v) is 3.24. The Hall–Kier alpha value is -0.650. The van der Waals surface area contributed by atoms with Crippen LogP contribution in [0.5, 0.6) is 0 Å². The summed E-state index contributed by atoms with van der Waals surface area (Å²) in [4.78, 5) is 16.7. The molecule has 1 aliphatic heterocycles. The van der Waals surface area contributed by atoms with Crippen LogP contribution in [0.15, 0.2) is 0 Å². The van der Waals surface area contributed by atoms with Crippen molar-refractivity contribution in [2.75, 3.05) is 46.3 Å². The molecule has 0 radical (unpaired) electrons. The van der Waals surface area contributed by atoms with Gasteiger partial charge in [0.15, 0.2) is 0 Å². The van der Waals surface area contributed by atoms with Gasteiger partial charge >= 0.3 is 0 Å². The fraction of sp³-hybridized carbons (Fsp3) is 0.933. The molecule has 2 rings (SSSR count).